The Kier molecular flexibility index (Phi) is 4.84. The van der Waals surface area contributed by atoms with Crippen molar-refractivity contribution in [1.82, 2.24) is 15.3 Å². The average molecular weight is 391 g/mol. The number of quaternary nitrogens is 1. The number of likely N-dealkylation sites (N-methyl/N-ethyl adjacent to an activating group) is 1. The minimum Gasteiger partial charge on any atom is -0.467 e. The van der Waals surface area contributed by atoms with Crippen LogP contribution in [0.25, 0.3) is 10.2 Å². The Morgan fingerprint density at radius 1 is 1.50 bits per heavy atom. The molecule has 0 spiro atoms. The van der Waals surface area contributed by atoms with Crippen molar-refractivity contribution in [2.75, 3.05) is 25.1 Å². The van der Waals surface area contributed by atoms with Gasteiger partial charge in [0.05, 0.1) is 42.4 Å². The summed E-state index contributed by atoms with van der Waals surface area (Å²) < 4.78 is 5.19. The van der Waals surface area contributed by atoms with E-state index in [9.17, 15) is 4.79 Å². The lowest BCUT2D eigenvalue weighted by Crippen LogP contribution is -3.08. The summed E-state index contributed by atoms with van der Waals surface area (Å²) in [6.45, 7) is 2.49. The summed E-state index contributed by atoms with van der Waals surface area (Å²) in [7, 11) is 2.20. The lowest BCUT2D eigenvalue weighted by molar-refractivity contribution is -0.895. The molecule has 0 fully saturated rings. The molecular formula is C17H20N5O2S2+. The molecule has 9 heteroatoms. The molecule has 3 aromatic heterocycles. The number of nitrogens with two attached hydrogens (primary N) is 1. The number of furan rings is 1. The molecule has 4 rings (SSSR count). The van der Waals surface area contributed by atoms with Gasteiger partial charge in [0.25, 0.3) is 0 Å². The molecule has 0 saturated heterocycles. The fraction of sp³-hybridized carbons (Fsp3) is 0.353. The van der Waals surface area contributed by atoms with Gasteiger partial charge in [0, 0.05) is 6.42 Å². The molecule has 1 atom stereocenters. The Morgan fingerprint density at radius 2 is 2.38 bits per heavy atom. The summed E-state index contributed by atoms with van der Waals surface area (Å²) in [5.74, 6) is 1.39. The van der Waals surface area contributed by atoms with Crippen LogP contribution in [0.4, 0.5) is 5.82 Å². The van der Waals surface area contributed by atoms with Crippen LogP contribution in [-0.2, 0) is 24.3 Å². The van der Waals surface area contributed by atoms with E-state index in [2.05, 4.69) is 22.3 Å². The topological polar surface area (TPSA) is 98.5 Å². The standard InChI is InChI=1S/C17H19N5O2S2/c1-22-5-4-11-12(8-22)26-16-14(11)15(18)20-17(21-16)25-9-13(23)19-7-10-3-2-6-24-10/h2-3,6H,4-5,7-9H2,1H3,(H,19,23)(H2,18,20,21)/p+1. The predicted molar refractivity (Wildman–Crippen MR) is 102 cm³/mol. The summed E-state index contributed by atoms with van der Waals surface area (Å²) in [6, 6.07) is 3.62. The number of carbonyl (C=O) groups is 1. The Balaban J connectivity index is 1.44. The summed E-state index contributed by atoms with van der Waals surface area (Å²) in [4.78, 5) is 24.8. The molecule has 1 unspecified atom stereocenters. The number of hydrogen-bond donors (Lipinski definition) is 3. The molecule has 136 valence electrons. The number of fused-ring (bicyclic) bond motifs is 3. The molecule has 3 aromatic rings. The zero-order valence-electron chi connectivity index (χ0n) is 14.4. The second-order valence-electron chi connectivity index (χ2n) is 6.35. The number of thioether (sulfide) groups is 1. The quantitative estimate of drug-likeness (QED) is 0.441. The molecule has 4 heterocycles. The van der Waals surface area contributed by atoms with Crippen LogP contribution in [0.5, 0.6) is 0 Å². The van der Waals surface area contributed by atoms with Crippen molar-refractivity contribution in [2.45, 2.75) is 24.7 Å². The largest absolute Gasteiger partial charge is 0.467 e. The molecule has 4 N–H and O–H groups in total. The van der Waals surface area contributed by atoms with E-state index in [0.29, 0.717) is 17.5 Å². The Labute approximate surface area is 159 Å². The van der Waals surface area contributed by atoms with Crippen LogP contribution in [0.15, 0.2) is 28.0 Å². The first kappa shape index (κ1) is 17.3. The maximum Gasteiger partial charge on any atom is 0.230 e. The number of anilines is 1. The lowest BCUT2D eigenvalue weighted by Gasteiger charge is -2.19. The van der Waals surface area contributed by atoms with E-state index in [0.717, 1.165) is 35.5 Å². The second-order valence-corrected chi connectivity index (χ2v) is 8.38. The first-order valence-corrected chi connectivity index (χ1v) is 10.2. The third-order valence-corrected chi connectivity index (χ3v) is 6.35. The molecule has 7 nitrogen and oxygen atoms in total. The van der Waals surface area contributed by atoms with E-state index in [4.69, 9.17) is 10.2 Å². The monoisotopic (exact) mass is 390 g/mol. The van der Waals surface area contributed by atoms with Crippen molar-refractivity contribution >= 4 is 45.0 Å². The first-order chi connectivity index (χ1) is 12.6. The van der Waals surface area contributed by atoms with Gasteiger partial charge < -0.3 is 20.4 Å². The summed E-state index contributed by atoms with van der Waals surface area (Å²) >= 11 is 2.99. The third kappa shape index (κ3) is 3.55. The van der Waals surface area contributed by atoms with Crippen molar-refractivity contribution in [1.29, 1.82) is 0 Å². The number of hydrogen-bond acceptors (Lipinski definition) is 7. The van der Waals surface area contributed by atoms with Crippen molar-refractivity contribution in [3.63, 3.8) is 0 Å². The molecule has 0 aromatic carbocycles. The third-order valence-electron chi connectivity index (χ3n) is 4.38. The number of thiophene rings is 1. The van der Waals surface area contributed by atoms with Gasteiger partial charge in [0.15, 0.2) is 5.16 Å². The van der Waals surface area contributed by atoms with Crippen LogP contribution >= 0.6 is 23.1 Å². The smallest absolute Gasteiger partial charge is 0.230 e. The zero-order valence-corrected chi connectivity index (χ0v) is 16.0. The normalized spacial score (nSPS) is 16.6. The van der Waals surface area contributed by atoms with Crippen molar-refractivity contribution in [3.8, 4) is 0 Å². The number of rotatable bonds is 5. The van der Waals surface area contributed by atoms with Gasteiger partial charge in [-0.25, -0.2) is 9.97 Å². The Bertz CT molecular complexity index is 938. The number of nitrogens with zero attached hydrogens (tertiary/aromatic N) is 2. The maximum absolute atomic E-state index is 12.0. The van der Waals surface area contributed by atoms with E-state index in [1.54, 1.807) is 23.7 Å². The van der Waals surface area contributed by atoms with Gasteiger partial charge in [0.2, 0.25) is 5.91 Å². The maximum atomic E-state index is 12.0. The van der Waals surface area contributed by atoms with Gasteiger partial charge in [-0.15, -0.1) is 11.3 Å². The molecule has 1 aliphatic heterocycles. The van der Waals surface area contributed by atoms with Gasteiger partial charge in [-0.2, -0.15) is 0 Å². The fourth-order valence-electron chi connectivity index (χ4n) is 3.06. The molecular weight excluding hydrogens is 370 g/mol. The van der Waals surface area contributed by atoms with E-state index < -0.39 is 0 Å². The van der Waals surface area contributed by atoms with Gasteiger partial charge in [-0.05, 0) is 17.7 Å². The minimum absolute atomic E-state index is 0.0932. The molecule has 0 aliphatic carbocycles. The highest BCUT2D eigenvalue weighted by Crippen LogP contribution is 2.35. The SMILES string of the molecule is C[NH+]1CCc2c(sc3nc(SCC(=O)NCc4ccco4)nc(N)c23)C1. The Morgan fingerprint density at radius 3 is 3.19 bits per heavy atom. The number of nitrogen functional groups attached to an aromatic ring is 1. The molecule has 0 saturated carbocycles. The van der Waals surface area contributed by atoms with Crippen LogP contribution in [0, 0.1) is 0 Å². The van der Waals surface area contributed by atoms with E-state index in [1.807, 2.05) is 6.07 Å². The average Bonchev–Trinajstić information content (AvgIpc) is 3.24. The zero-order chi connectivity index (χ0) is 18.1. The van der Waals surface area contributed by atoms with E-state index >= 15 is 0 Å². The highest BCUT2D eigenvalue weighted by Gasteiger charge is 2.24. The van der Waals surface area contributed by atoms with E-state index in [1.165, 1.54) is 27.1 Å². The lowest BCUT2D eigenvalue weighted by atomic mass is 10.1. The summed E-state index contributed by atoms with van der Waals surface area (Å²) in [6.07, 6.45) is 2.60. The van der Waals surface area contributed by atoms with Crippen LogP contribution in [-0.4, -0.2) is 35.2 Å². The van der Waals surface area contributed by atoms with Crippen molar-refractivity contribution in [2.24, 2.45) is 0 Å². The second kappa shape index (κ2) is 7.26. The van der Waals surface area contributed by atoms with Gasteiger partial charge in [0.1, 0.15) is 23.0 Å². The van der Waals surface area contributed by atoms with Gasteiger partial charge in [-0.1, -0.05) is 11.8 Å². The highest BCUT2D eigenvalue weighted by atomic mass is 32.2. The molecule has 1 amide bonds. The minimum atomic E-state index is -0.0932. The highest BCUT2D eigenvalue weighted by molar-refractivity contribution is 7.99. The number of carbonyl (C=O) groups excluding carboxylic acids is 1. The van der Waals surface area contributed by atoms with Crippen molar-refractivity contribution in [3.05, 3.63) is 34.6 Å². The van der Waals surface area contributed by atoms with Crippen LogP contribution in [0.2, 0.25) is 0 Å². The van der Waals surface area contributed by atoms with E-state index in [-0.39, 0.29) is 11.7 Å². The number of nitrogens with one attached hydrogen (secondary N) is 2. The van der Waals surface area contributed by atoms with Crippen LogP contribution < -0.4 is 16.0 Å². The van der Waals surface area contributed by atoms with Gasteiger partial charge >= 0.3 is 0 Å². The molecule has 0 bridgehead atoms. The molecule has 26 heavy (non-hydrogen) atoms. The van der Waals surface area contributed by atoms with Crippen molar-refractivity contribution < 1.29 is 14.1 Å². The fourth-order valence-corrected chi connectivity index (χ4v) is 5.14. The molecule has 1 aliphatic rings. The number of aromatic nitrogens is 2. The number of amides is 1. The van der Waals surface area contributed by atoms with Crippen LogP contribution in [0.1, 0.15) is 16.2 Å². The summed E-state index contributed by atoms with van der Waals surface area (Å²) in [5.41, 5.74) is 7.52. The summed E-state index contributed by atoms with van der Waals surface area (Å²) in [5, 5.41) is 4.36. The first-order valence-electron chi connectivity index (χ1n) is 8.41. The van der Waals surface area contributed by atoms with Gasteiger partial charge in [-0.3, -0.25) is 4.79 Å². The Hall–Kier alpha value is -2.10. The predicted octanol–water partition coefficient (Wildman–Crippen LogP) is 0.846. The molecule has 0 radical (unpaired) electrons. The van der Waals surface area contributed by atoms with Crippen LogP contribution in [0.3, 0.4) is 0 Å².